The van der Waals surface area contributed by atoms with E-state index in [1.54, 1.807) is 7.05 Å². The second-order valence-electron chi connectivity index (χ2n) is 6.39. The highest BCUT2D eigenvalue weighted by Gasteiger charge is 2.14. The lowest BCUT2D eigenvalue weighted by atomic mass is 10.0. The highest BCUT2D eigenvalue weighted by molar-refractivity contribution is 14.0. The highest BCUT2D eigenvalue weighted by Crippen LogP contribution is 2.32. The van der Waals surface area contributed by atoms with E-state index in [9.17, 15) is 0 Å². The zero-order chi connectivity index (χ0) is 18.1. The summed E-state index contributed by atoms with van der Waals surface area (Å²) in [6, 6.07) is 6.07. The molecule has 1 unspecified atom stereocenters. The Morgan fingerprint density at radius 2 is 1.92 bits per heavy atom. The van der Waals surface area contributed by atoms with Crippen LogP contribution in [0.2, 0.25) is 0 Å². The Bertz CT molecular complexity index is 567. The minimum Gasteiger partial charge on any atom is -0.454 e. The molecule has 0 saturated carbocycles. The molecule has 2 rings (SSSR count). The van der Waals surface area contributed by atoms with Gasteiger partial charge in [-0.05, 0) is 43.4 Å². The molecule has 1 aliphatic rings. The molecule has 6 nitrogen and oxygen atoms in total. The number of halogens is 1. The zero-order valence-corrected chi connectivity index (χ0v) is 18.5. The second kappa shape index (κ2) is 12.2. The number of guanidine groups is 1. The molecule has 148 valence electrons. The molecule has 0 bridgehead atoms. The standard InChI is InChI=1S/C19H31N3O3.HI/c1-5-23-16(14(2)3)9-11-22-19(20-4)21-10-8-15-6-7-17-18(12-15)25-13-24-17;/h6-7,12,14,16H,5,8-11,13H2,1-4H3,(H2,20,21,22);1H. The van der Waals surface area contributed by atoms with Crippen LogP contribution in [0.5, 0.6) is 11.5 Å². The molecule has 1 aliphatic heterocycles. The molecule has 0 fully saturated rings. The number of nitrogens with zero attached hydrogens (tertiary/aromatic N) is 1. The van der Waals surface area contributed by atoms with Crippen molar-refractivity contribution in [2.75, 3.05) is 33.5 Å². The van der Waals surface area contributed by atoms with Crippen LogP contribution in [0.3, 0.4) is 0 Å². The average Bonchev–Trinajstić information content (AvgIpc) is 3.07. The van der Waals surface area contributed by atoms with Gasteiger partial charge in [-0.3, -0.25) is 4.99 Å². The monoisotopic (exact) mass is 477 g/mol. The van der Waals surface area contributed by atoms with Crippen molar-refractivity contribution in [3.05, 3.63) is 23.8 Å². The quantitative estimate of drug-likeness (QED) is 0.325. The van der Waals surface area contributed by atoms with Gasteiger partial charge in [-0.2, -0.15) is 0 Å². The molecule has 1 aromatic carbocycles. The Morgan fingerprint density at radius 3 is 2.62 bits per heavy atom. The van der Waals surface area contributed by atoms with E-state index in [2.05, 4.69) is 35.5 Å². The molecule has 0 radical (unpaired) electrons. The van der Waals surface area contributed by atoms with Crippen LogP contribution >= 0.6 is 24.0 Å². The van der Waals surface area contributed by atoms with Crippen molar-refractivity contribution in [3.8, 4) is 11.5 Å². The van der Waals surface area contributed by atoms with Gasteiger partial charge in [0.05, 0.1) is 6.10 Å². The Balaban J connectivity index is 0.00000338. The van der Waals surface area contributed by atoms with Gasteiger partial charge >= 0.3 is 0 Å². The third-order valence-electron chi connectivity index (χ3n) is 4.21. The summed E-state index contributed by atoms with van der Waals surface area (Å²) >= 11 is 0. The van der Waals surface area contributed by atoms with Crippen LogP contribution in [0.15, 0.2) is 23.2 Å². The molecule has 1 aromatic rings. The minimum absolute atomic E-state index is 0. The molecule has 7 heteroatoms. The number of nitrogens with one attached hydrogen (secondary N) is 2. The molecule has 0 amide bonds. The summed E-state index contributed by atoms with van der Waals surface area (Å²) in [4.78, 5) is 4.27. The van der Waals surface area contributed by atoms with Crippen LogP contribution < -0.4 is 20.1 Å². The van der Waals surface area contributed by atoms with E-state index in [-0.39, 0.29) is 30.1 Å². The van der Waals surface area contributed by atoms with Gasteiger partial charge in [0.15, 0.2) is 17.5 Å². The average molecular weight is 477 g/mol. The van der Waals surface area contributed by atoms with Crippen molar-refractivity contribution in [2.24, 2.45) is 10.9 Å². The summed E-state index contributed by atoms with van der Waals surface area (Å²) < 4.78 is 16.5. The Hall–Kier alpha value is -1.22. The van der Waals surface area contributed by atoms with Crippen LogP contribution in [0.1, 0.15) is 32.8 Å². The Labute approximate surface area is 174 Å². The van der Waals surface area contributed by atoms with E-state index in [1.165, 1.54) is 5.56 Å². The number of ether oxygens (including phenoxy) is 3. The number of aliphatic imine (C=N–C) groups is 1. The predicted molar refractivity (Wildman–Crippen MR) is 116 cm³/mol. The second-order valence-corrected chi connectivity index (χ2v) is 6.39. The maximum absolute atomic E-state index is 5.77. The van der Waals surface area contributed by atoms with Gasteiger partial charge in [0.1, 0.15) is 0 Å². The number of benzene rings is 1. The van der Waals surface area contributed by atoms with Gasteiger partial charge in [-0.25, -0.2) is 0 Å². The minimum atomic E-state index is 0. The maximum Gasteiger partial charge on any atom is 0.231 e. The number of rotatable bonds is 9. The van der Waals surface area contributed by atoms with Crippen LogP contribution in [0.25, 0.3) is 0 Å². The maximum atomic E-state index is 5.77. The summed E-state index contributed by atoms with van der Waals surface area (Å²) in [7, 11) is 1.79. The highest BCUT2D eigenvalue weighted by atomic mass is 127. The van der Waals surface area contributed by atoms with Gasteiger partial charge in [-0.15, -0.1) is 24.0 Å². The molecular weight excluding hydrogens is 445 g/mol. The van der Waals surface area contributed by atoms with E-state index in [1.807, 2.05) is 19.1 Å². The summed E-state index contributed by atoms with van der Waals surface area (Å²) in [6.07, 6.45) is 2.14. The molecule has 0 aliphatic carbocycles. The molecule has 1 atom stereocenters. The van der Waals surface area contributed by atoms with Gasteiger partial charge in [0.2, 0.25) is 6.79 Å². The normalized spacial score (nSPS) is 14.1. The predicted octanol–water partition coefficient (Wildman–Crippen LogP) is 3.19. The first kappa shape index (κ1) is 22.8. The van der Waals surface area contributed by atoms with Crippen molar-refractivity contribution in [1.82, 2.24) is 10.6 Å². The van der Waals surface area contributed by atoms with Crippen LogP contribution in [0, 0.1) is 5.92 Å². The fourth-order valence-corrected chi connectivity index (χ4v) is 2.80. The van der Waals surface area contributed by atoms with E-state index in [0.717, 1.165) is 50.0 Å². The van der Waals surface area contributed by atoms with Gasteiger partial charge in [-0.1, -0.05) is 19.9 Å². The Morgan fingerprint density at radius 1 is 1.19 bits per heavy atom. The van der Waals surface area contributed by atoms with E-state index >= 15 is 0 Å². The van der Waals surface area contributed by atoms with Gasteiger partial charge in [0, 0.05) is 26.7 Å². The number of hydrogen-bond acceptors (Lipinski definition) is 4. The molecule has 0 aromatic heterocycles. The first-order valence-corrected chi connectivity index (χ1v) is 9.08. The molecule has 1 heterocycles. The van der Waals surface area contributed by atoms with Crippen molar-refractivity contribution in [3.63, 3.8) is 0 Å². The number of hydrogen-bond donors (Lipinski definition) is 2. The zero-order valence-electron chi connectivity index (χ0n) is 16.2. The fourth-order valence-electron chi connectivity index (χ4n) is 2.80. The number of fused-ring (bicyclic) bond motifs is 1. The lowest BCUT2D eigenvalue weighted by Gasteiger charge is -2.21. The SMILES string of the molecule is CCOC(CCNC(=NC)NCCc1ccc2c(c1)OCO2)C(C)C.I. The van der Waals surface area contributed by atoms with Crippen molar-refractivity contribution >= 4 is 29.9 Å². The van der Waals surface area contributed by atoms with Crippen LogP contribution in [-0.4, -0.2) is 45.6 Å². The third kappa shape index (κ3) is 7.19. The van der Waals surface area contributed by atoms with Crippen LogP contribution in [-0.2, 0) is 11.2 Å². The molecule has 26 heavy (non-hydrogen) atoms. The van der Waals surface area contributed by atoms with Crippen molar-refractivity contribution < 1.29 is 14.2 Å². The van der Waals surface area contributed by atoms with Crippen molar-refractivity contribution in [1.29, 1.82) is 0 Å². The summed E-state index contributed by atoms with van der Waals surface area (Å²) in [5.74, 6) is 2.99. The first-order valence-electron chi connectivity index (χ1n) is 9.08. The lowest BCUT2D eigenvalue weighted by molar-refractivity contribution is 0.0258. The van der Waals surface area contributed by atoms with E-state index < -0.39 is 0 Å². The molecule has 0 saturated heterocycles. The first-order chi connectivity index (χ1) is 12.1. The molecule has 2 N–H and O–H groups in total. The largest absolute Gasteiger partial charge is 0.454 e. The topological polar surface area (TPSA) is 64.1 Å². The molecular formula is C19H32IN3O3. The van der Waals surface area contributed by atoms with Gasteiger partial charge in [0.25, 0.3) is 0 Å². The smallest absolute Gasteiger partial charge is 0.231 e. The summed E-state index contributed by atoms with van der Waals surface area (Å²) in [5, 5.41) is 6.70. The van der Waals surface area contributed by atoms with Gasteiger partial charge < -0.3 is 24.8 Å². The van der Waals surface area contributed by atoms with Crippen molar-refractivity contribution in [2.45, 2.75) is 39.7 Å². The Kier molecular flexibility index (Phi) is 10.7. The van der Waals surface area contributed by atoms with E-state index in [4.69, 9.17) is 14.2 Å². The lowest BCUT2D eigenvalue weighted by Crippen LogP contribution is -2.40. The fraction of sp³-hybridized carbons (Fsp3) is 0.632. The van der Waals surface area contributed by atoms with Crippen LogP contribution in [0.4, 0.5) is 0 Å². The van der Waals surface area contributed by atoms with E-state index in [0.29, 0.717) is 12.7 Å². The summed E-state index contributed by atoms with van der Waals surface area (Å²) in [5.41, 5.74) is 1.21. The third-order valence-corrected chi connectivity index (χ3v) is 4.21. The molecule has 0 spiro atoms. The summed E-state index contributed by atoms with van der Waals surface area (Å²) in [6.45, 7) is 9.14.